The Hall–Kier alpha value is -2.56. The van der Waals surface area contributed by atoms with Crippen LogP contribution in [-0.2, 0) is 24.1 Å². The van der Waals surface area contributed by atoms with Crippen LogP contribution in [0.2, 0.25) is 0 Å². The second kappa shape index (κ2) is 8.42. The van der Waals surface area contributed by atoms with E-state index in [1.54, 1.807) is 6.07 Å². The number of ether oxygens (including phenoxy) is 1. The highest BCUT2D eigenvalue weighted by Gasteiger charge is 2.17. The molecule has 2 aromatic carbocycles. The minimum atomic E-state index is -0.776. The van der Waals surface area contributed by atoms with Crippen molar-refractivity contribution in [3.8, 4) is 5.75 Å². The highest BCUT2D eigenvalue weighted by molar-refractivity contribution is 5.67. The number of carboxylic acids is 1. The van der Waals surface area contributed by atoms with Gasteiger partial charge in [0.1, 0.15) is 11.6 Å². The molecule has 5 heteroatoms. The van der Waals surface area contributed by atoms with Crippen molar-refractivity contribution in [3.63, 3.8) is 0 Å². The van der Waals surface area contributed by atoms with Crippen LogP contribution in [0.5, 0.6) is 5.75 Å². The third-order valence-electron chi connectivity index (χ3n) is 4.79. The number of halogens is 1. The van der Waals surface area contributed by atoms with Gasteiger partial charge in [0.25, 0.3) is 0 Å². The van der Waals surface area contributed by atoms with E-state index in [9.17, 15) is 9.18 Å². The summed E-state index contributed by atoms with van der Waals surface area (Å²) in [6.45, 7) is 5.45. The second-order valence-corrected chi connectivity index (χ2v) is 7.30. The minimum absolute atomic E-state index is 0.00254. The third-order valence-corrected chi connectivity index (χ3v) is 4.79. The van der Waals surface area contributed by atoms with Gasteiger partial charge in [0, 0.05) is 37.3 Å². The van der Waals surface area contributed by atoms with Gasteiger partial charge < -0.3 is 14.7 Å². The summed E-state index contributed by atoms with van der Waals surface area (Å²) in [6.07, 6.45) is 2.43. The Balaban J connectivity index is 1.74. The first-order valence-electron chi connectivity index (χ1n) is 9.45. The first-order valence-corrected chi connectivity index (χ1v) is 9.45. The van der Waals surface area contributed by atoms with Crippen molar-refractivity contribution in [2.75, 3.05) is 18.0 Å². The fourth-order valence-electron chi connectivity index (χ4n) is 3.51. The van der Waals surface area contributed by atoms with Crippen LogP contribution in [0.25, 0.3) is 0 Å². The number of aryl methyl sites for hydroxylation is 1. The molecule has 0 spiro atoms. The maximum absolute atomic E-state index is 14.0. The van der Waals surface area contributed by atoms with Gasteiger partial charge in [-0.3, -0.25) is 4.79 Å². The highest BCUT2D eigenvalue weighted by atomic mass is 19.1. The molecule has 4 nitrogen and oxygen atoms in total. The number of carboxylic acid groups (broad SMARTS) is 1. The molecule has 2 aromatic rings. The number of nitrogens with zero attached hydrogens (tertiary/aromatic N) is 1. The monoisotopic (exact) mass is 371 g/mol. The van der Waals surface area contributed by atoms with Gasteiger partial charge in [0.2, 0.25) is 0 Å². The Morgan fingerprint density at radius 3 is 2.59 bits per heavy atom. The van der Waals surface area contributed by atoms with E-state index in [1.807, 2.05) is 26.0 Å². The highest BCUT2D eigenvalue weighted by Crippen LogP contribution is 2.27. The largest absolute Gasteiger partial charge is 0.491 e. The van der Waals surface area contributed by atoms with Crippen molar-refractivity contribution in [3.05, 3.63) is 58.9 Å². The first kappa shape index (κ1) is 19.2. The molecular weight excluding hydrogens is 345 g/mol. The minimum Gasteiger partial charge on any atom is -0.491 e. The zero-order valence-corrected chi connectivity index (χ0v) is 15.9. The number of rotatable bonds is 6. The van der Waals surface area contributed by atoms with Crippen LogP contribution in [0.15, 0.2) is 36.4 Å². The van der Waals surface area contributed by atoms with Crippen molar-refractivity contribution in [2.45, 2.75) is 45.6 Å². The van der Waals surface area contributed by atoms with Gasteiger partial charge in [0.05, 0.1) is 6.10 Å². The number of aliphatic carboxylic acids is 1. The zero-order valence-electron chi connectivity index (χ0n) is 15.9. The molecule has 1 aliphatic rings. The number of hydrogen-bond acceptors (Lipinski definition) is 3. The topological polar surface area (TPSA) is 49.8 Å². The molecule has 0 atom stereocenters. The van der Waals surface area contributed by atoms with Crippen LogP contribution in [0.4, 0.5) is 10.1 Å². The zero-order chi connectivity index (χ0) is 19.4. The Morgan fingerprint density at radius 1 is 1.15 bits per heavy atom. The summed E-state index contributed by atoms with van der Waals surface area (Å²) in [7, 11) is 0. The van der Waals surface area contributed by atoms with Crippen LogP contribution in [0.1, 0.15) is 37.0 Å². The Bertz CT molecular complexity index is 819. The van der Waals surface area contributed by atoms with Gasteiger partial charge in [-0.05, 0) is 55.9 Å². The molecule has 0 aromatic heterocycles. The predicted octanol–water partition coefficient (Wildman–Crippen LogP) is 4.24. The lowest BCUT2D eigenvalue weighted by molar-refractivity contribution is -0.136. The van der Waals surface area contributed by atoms with E-state index in [1.165, 1.54) is 17.2 Å². The normalized spacial score (nSPS) is 14.0. The number of anilines is 1. The van der Waals surface area contributed by atoms with E-state index in [0.717, 1.165) is 37.2 Å². The fraction of sp³-hybridized carbons (Fsp3) is 0.409. The van der Waals surface area contributed by atoms with E-state index in [0.29, 0.717) is 12.2 Å². The summed E-state index contributed by atoms with van der Waals surface area (Å²) in [4.78, 5) is 13.0. The predicted molar refractivity (Wildman–Crippen MR) is 104 cm³/mol. The molecule has 3 rings (SSSR count). The van der Waals surface area contributed by atoms with Crippen LogP contribution >= 0.6 is 0 Å². The standard InChI is InChI=1S/C22H26FNO3/c1-15(2)27-21-13-19(23)12-20(14-21)24-9-7-17-5-3-16(4-6-22(25)26)11-18(17)8-10-24/h3,5,11-15H,4,6-10H2,1-2H3,(H,25,26). The van der Waals surface area contributed by atoms with Crippen LogP contribution < -0.4 is 9.64 Å². The van der Waals surface area contributed by atoms with Gasteiger partial charge in [0.15, 0.2) is 0 Å². The first-order chi connectivity index (χ1) is 12.9. The van der Waals surface area contributed by atoms with Crippen LogP contribution in [-0.4, -0.2) is 30.3 Å². The number of fused-ring (bicyclic) bond motifs is 1. The van der Waals surface area contributed by atoms with Crippen molar-refractivity contribution in [1.29, 1.82) is 0 Å². The molecule has 0 saturated heterocycles. The van der Waals surface area contributed by atoms with Gasteiger partial charge in [-0.2, -0.15) is 0 Å². The molecule has 0 fully saturated rings. The maximum atomic E-state index is 14.0. The van der Waals surface area contributed by atoms with E-state index in [4.69, 9.17) is 9.84 Å². The molecule has 0 unspecified atom stereocenters. The number of hydrogen-bond donors (Lipinski definition) is 1. The number of benzene rings is 2. The van der Waals surface area contributed by atoms with Gasteiger partial charge in [-0.25, -0.2) is 4.39 Å². The summed E-state index contributed by atoms with van der Waals surface area (Å²) in [5.41, 5.74) is 4.44. The molecule has 0 radical (unpaired) electrons. The lowest BCUT2D eigenvalue weighted by atomic mass is 9.98. The van der Waals surface area contributed by atoms with Gasteiger partial charge >= 0.3 is 5.97 Å². The third kappa shape index (κ3) is 5.22. The van der Waals surface area contributed by atoms with E-state index in [2.05, 4.69) is 17.0 Å². The van der Waals surface area contributed by atoms with E-state index >= 15 is 0 Å². The average Bonchev–Trinajstić information content (AvgIpc) is 2.81. The molecular formula is C22H26FNO3. The summed E-state index contributed by atoms with van der Waals surface area (Å²) in [5, 5.41) is 8.87. The Morgan fingerprint density at radius 2 is 1.89 bits per heavy atom. The van der Waals surface area contributed by atoms with Crippen LogP contribution in [0, 0.1) is 5.82 Å². The maximum Gasteiger partial charge on any atom is 0.303 e. The van der Waals surface area contributed by atoms with Crippen LogP contribution in [0.3, 0.4) is 0 Å². The Labute approximate surface area is 159 Å². The molecule has 0 aliphatic carbocycles. The summed E-state index contributed by atoms with van der Waals surface area (Å²) >= 11 is 0. The quantitative estimate of drug-likeness (QED) is 0.825. The summed E-state index contributed by atoms with van der Waals surface area (Å²) in [5.74, 6) is -0.514. The molecule has 144 valence electrons. The second-order valence-electron chi connectivity index (χ2n) is 7.30. The van der Waals surface area contributed by atoms with Crippen molar-refractivity contribution >= 4 is 11.7 Å². The number of carbonyl (C=O) groups is 1. The SMILES string of the molecule is CC(C)Oc1cc(F)cc(N2CCc3ccc(CCC(=O)O)cc3CC2)c1. The summed E-state index contributed by atoms with van der Waals surface area (Å²) in [6, 6.07) is 11.1. The van der Waals surface area contributed by atoms with Gasteiger partial charge in [-0.1, -0.05) is 18.2 Å². The lowest BCUT2D eigenvalue weighted by Crippen LogP contribution is -2.26. The molecule has 1 N–H and O–H groups in total. The van der Waals surface area contributed by atoms with Crippen molar-refractivity contribution < 1.29 is 19.0 Å². The lowest BCUT2D eigenvalue weighted by Gasteiger charge is -2.23. The van der Waals surface area contributed by atoms with Crippen molar-refractivity contribution in [2.24, 2.45) is 0 Å². The fourth-order valence-corrected chi connectivity index (χ4v) is 3.51. The Kier molecular flexibility index (Phi) is 5.99. The van der Waals surface area contributed by atoms with E-state index < -0.39 is 5.97 Å². The molecule has 1 aliphatic heterocycles. The van der Waals surface area contributed by atoms with E-state index in [-0.39, 0.29) is 18.3 Å². The molecule has 1 heterocycles. The molecule has 27 heavy (non-hydrogen) atoms. The molecule has 0 saturated carbocycles. The smallest absolute Gasteiger partial charge is 0.303 e. The van der Waals surface area contributed by atoms with Gasteiger partial charge in [-0.15, -0.1) is 0 Å². The molecule has 0 amide bonds. The average molecular weight is 371 g/mol. The van der Waals surface area contributed by atoms with Crippen molar-refractivity contribution in [1.82, 2.24) is 0 Å². The summed E-state index contributed by atoms with van der Waals surface area (Å²) < 4.78 is 19.7. The molecule has 0 bridgehead atoms.